The monoisotopic (exact) mass is 242 g/mol. The quantitative estimate of drug-likeness (QED) is 0.590. The second-order valence-electron chi connectivity index (χ2n) is 3.40. The van der Waals surface area contributed by atoms with Gasteiger partial charge in [0.05, 0.1) is 0 Å². The van der Waals surface area contributed by atoms with E-state index in [0.29, 0.717) is 0 Å². The minimum absolute atomic E-state index is 0.000203. The highest BCUT2D eigenvalue weighted by Gasteiger charge is 2.16. The number of halogens is 1. The molecule has 1 aromatic rings. The summed E-state index contributed by atoms with van der Waals surface area (Å²) >= 11 is 7.71. The van der Waals surface area contributed by atoms with Gasteiger partial charge in [-0.2, -0.15) is 0 Å². The Bertz CT molecular complexity index is 363. The fraction of sp³-hybridized carbons (Fsp3) is 0.417. The Kier molecular flexibility index (Phi) is 4.68. The van der Waals surface area contributed by atoms with Gasteiger partial charge in [0.2, 0.25) is 0 Å². The summed E-state index contributed by atoms with van der Waals surface area (Å²) in [6.45, 7) is 3.62. The van der Waals surface area contributed by atoms with Gasteiger partial charge in [0.1, 0.15) is 5.38 Å². The first-order valence-electron chi connectivity index (χ1n) is 4.91. The van der Waals surface area contributed by atoms with Crippen molar-refractivity contribution in [1.82, 2.24) is 0 Å². The van der Waals surface area contributed by atoms with Crippen molar-refractivity contribution in [3.05, 3.63) is 29.3 Å². The Morgan fingerprint density at radius 3 is 2.67 bits per heavy atom. The number of carbonyl (C=O) groups excluding carboxylic acids is 1. The van der Waals surface area contributed by atoms with Crippen molar-refractivity contribution in [3.63, 3.8) is 0 Å². The Morgan fingerprint density at radius 1 is 1.53 bits per heavy atom. The largest absolute Gasteiger partial charge is 0.298 e. The SMILES string of the molecule is CCc1ccc(SC)c(C(Cl)C(C)=O)c1. The fourth-order valence-corrected chi connectivity index (χ4v) is 2.28. The van der Waals surface area contributed by atoms with E-state index in [4.69, 9.17) is 11.6 Å². The molecule has 0 aliphatic carbocycles. The summed E-state index contributed by atoms with van der Waals surface area (Å²) < 4.78 is 0. The fourth-order valence-electron chi connectivity index (χ4n) is 1.42. The molecule has 1 nitrogen and oxygen atoms in total. The van der Waals surface area contributed by atoms with Crippen molar-refractivity contribution in [2.24, 2.45) is 0 Å². The first kappa shape index (κ1) is 12.6. The van der Waals surface area contributed by atoms with Gasteiger partial charge in [-0.05, 0) is 36.8 Å². The highest BCUT2D eigenvalue weighted by molar-refractivity contribution is 7.98. The second kappa shape index (κ2) is 5.57. The summed E-state index contributed by atoms with van der Waals surface area (Å²) in [5, 5.41) is -0.515. The van der Waals surface area contributed by atoms with Crippen molar-refractivity contribution < 1.29 is 4.79 Å². The van der Waals surface area contributed by atoms with Gasteiger partial charge in [0.15, 0.2) is 5.78 Å². The van der Waals surface area contributed by atoms with Crippen LogP contribution in [0.2, 0.25) is 0 Å². The van der Waals surface area contributed by atoms with Gasteiger partial charge in [-0.25, -0.2) is 0 Å². The van der Waals surface area contributed by atoms with Crippen molar-refractivity contribution in [1.29, 1.82) is 0 Å². The van der Waals surface area contributed by atoms with E-state index in [-0.39, 0.29) is 5.78 Å². The van der Waals surface area contributed by atoms with Gasteiger partial charge in [0.25, 0.3) is 0 Å². The maximum absolute atomic E-state index is 11.3. The molecule has 0 fully saturated rings. The highest BCUT2D eigenvalue weighted by atomic mass is 35.5. The van der Waals surface area contributed by atoms with Gasteiger partial charge in [-0.1, -0.05) is 19.1 Å². The Hall–Kier alpha value is -0.470. The number of hydrogen-bond acceptors (Lipinski definition) is 2. The van der Waals surface area contributed by atoms with Crippen molar-refractivity contribution >= 4 is 29.1 Å². The average Bonchev–Trinajstić information content (AvgIpc) is 2.27. The Labute approximate surface area is 100 Å². The van der Waals surface area contributed by atoms with E-state index >= 15 is 0 Å². The van der Waals surface area contributed by atoms with Crippen LogP contribution in [-0.2, 0) is 11.2 Å². The summed E-state index contributed by atoms with van der Waals surface area (Å²) in [5.74, 6) is 0.000203. The molecule has 0 aliphatic heterocycles. The third kappa shape index (κ3) is 2.99. The van der Waals surface area contributed by atoms with Crippen LogP contribution >= 0.6 is 23.4 Å². The number of rotatable bonds is 4. The van der Waals surface area contributed by atoms with Gasteiger partial charge >= 0.3 is 0 Å². The third-order valence-electron chi connectivity index (χ3n) is 2.33. The molecule has 0 saturated heterocycles. The molecule has 0 bridgehead atoms. The molecule has 0 amide bonds. The number of aryl methyl sites for hydroxylation is 1. The normalized spacial score (nSPS) is 12.5. The first-order chi connectivity index (χ1) is 7.10. The molecule has 0 aliphatic rings. The predicted molar refractivity (Wildman–Crippen MR) is 66.9 cm³/mol. The van der Waals surface area contributed by atoms with Crippen molar-refractivity contribution in [3.8, 4) is 0 Å². The van der Waals surface area contributed by atoms with Crippen LogP contribution in [0.5, 0.6) is 0 Å². The van der Waals surface area contributed by atoms with E-state index in [1.807, 2.05) is 18.4 Å². The zero-order chi connectivity index (χ0) is 11.4. The smallest absolute Gasteiger partial charge is 0.152 e. The Balaban J connectivity index is 3.16. The van der Waals surface area contributed by atoms with E-state index in [9.17, 15) is 4.79 Å². The number of benzene rings is 1. The van der Waals surface area contributed by atoms with Gasteiger partial charge in [-0.3, -0.25) is 4.79 Å². The highest BCUT2D eigenvalue weighted by Crippen LogP contribution is 2.31. The molecule has 0 radical (unpaired) electrons. The molecule has 1 unspecified atom stereocenters. The van der Waals surface area contributed by atoms with Crippen LogP contribution in [0.15, 0.2) is 23.1 Å². The molecule has 0 N–H and O–H groups in total. The third-order valence-corrected chi connectivity index (χ3v) is 3.69. The molecular formula is C12H15ClOS. The molecule has 1 atom stereocenters. The van der Waals surface area contributed by atoms with Crippen LogP contribution in [0.4, 0.5) is 0 Å². The molecule has 3 heteroatoms. The van der Waals surface area contributed by atoms with Gasteiger partial charge in [-0.15, -0.1) is 23.4 Å². The predicted octanol–water partition coefficient (Wildman–Crippen LogP) is 3.84. The molecule has 15 heavy (non-hydrogen) atoms. The molecule has 82 valence electrons. The zero-order valence-electron chi connectivity index (χ0n) is 9.21. The van der Waals surface area contributed by atoms with Gasteiger partial charge < -0.3 is 0 Å². The molecule has 0 heterocycles. The molecule has 0 saturated carbocycles. The minimum atomic E-state index is -0.515. The summed E-state index contributed by atoms with van der Waals surface area (Å²) in [7, 11) is 0. The van der Waals surface area contributed by atoms with Crippen LogP contribution in [0.3, 0.4) is 0 Å². The van der Waals surface area contributed by atoms with E-state index in [1.165, 1.54) is 12.5 Å². The molecular weight excluding hydrogens is 228 g/mol. The summed E-state index contributed by atoms with van der Waals surface area (Å²) in [5.41, 5.74) is 2.16. The number of Topliss-reactive ketones (excluding diaryl/α,β-unsaturated/α-hetero) is 1. The molecule has 1 aromatic carbocycles. The maximum Gasteiger partial charge on any atom is 0.152 e. The summed E-state index contributed by atoms with van der Waals surface area (Å²) in [6.07, 6.45) is 2.96. The van der Waals surface area contributed by atoms with Crippen LogP contribution < -0.4 is 0 Å². The topological polar surface area (TPSA) is 17.1 Å². The maximum atomic E-state index is 11.3. The van der Waals surface area contributed by atoms with Crippen molar-refractivity contribution in [2.45, 2.75) is 30.5 Å². The average molecular weight is 243 g/mol. The number of hydrogen-bond donors (Lipinski definition) is 0. The van der Waals surface area contributed by atoms with E-state index in [2.05, 4.69) is 13.0 Å². The number of thioether (sulfide) groups is 1. The van der Waals surface area contributed by atoms with Crippen LogP contribution in [0, 0.1) is 0 Å². The first-order valence-corrected chi connectivity index (χ1v) is 6.57. The lowest BCUT2D eigenvalue weighted by atomic mass is 10.0. The van der Waals surface area contributed by atoms with Crippen LogP contribution in [-0.4, -0.2) is 12.0 Å². The van der Waals surface area contributed by atoms with Crippen LogP contribution in [0.25, 0.3) is 0 Å². The lowest BCUT2D eigenvalue weighted by Gasteiger charge is -2.12. The zero-order valence-corrected chi connectivity index (χ0v) is 10.8. The minimum Gasteiger partial charge on any atom is -0.298 e. The lowest BCUT2D eigenvalue weighted by molar-refractivity contribution is -0.116. The summed E-state index contributed by atoms with van der Waals surface area (Å²) in [4.78, 5) is 12.4. The number of alkyl halides is 1. The van der Waals surface area contributed by atoms with E-state index in [1.54, 1.807) is 11.8 Å². The van der Waals surface area contributed by atoms with Crippen LogP contribution in [0.1, 0.15) is 30.4 Å². The molecule has 0 spiro atoms. The van der Waals surface area contributed by atoms with Crippen molar-refractivity contribution in [2.75, 3.05) is 6.26 Å². The lowest BCUT2D eigenvalue weighted by Crippen LogP contribution is -2.03. The van der Waals surface area contributed by atoms with E-state index in [0.717, 1.165) is 16.9 Å². The number of ketones is 1. The van der Waals surface area contributed by atoms with E-state index < -0.39 is 5.38 Å². The standard InChI is InChI=1S/C12H15ClOS/c1-4-9-5-6-11(15-3)10(7-9)12(13)8(2)14/h5-7,12H,4H2,1-3H3. The number of carbonyl (C=O) groups is 1. The van der Waals surface area contributed by atoms with Gasteiger partial charge in [0, 0.05) is 4.90 Å². The molecule has 1 rings (SSSR count). The second-order valence-corrected chi connectivity index (χ2v) is 4.69. The Morgan fingerprint density at radius 2 is 2.20 bits per heavy atom. The molecule has 0 aromatic heterocycles. The summed E-state index contributed by atoms with van der Waals surface area (Å²) in [6, 6.07) is 6.15.